The van der Waals surface area contributed by atoms with E-state index in [0.717, 1.165) is 35.7 Å². The average molecular weight is 578 g/mol. The lowest BCUT2D eigenvalue weighted by Gasteiger charge is -2.33. The van der Waals surface area contributed by atoms with Crippen LogP contribution in [0.5, 0.6) is 5.75 Å². The van der Waals surface area contributed by atoms with E-state index in [0.29, 0.717) is 17.2 Å². The van der Waals surface area contributed by atoms with Crippen LogP contribution in [0.25, 0.3) is 0 Å². The van der Waals surface area contributed by atoms with Crippen LogP contribution in [0.1, 0.15) is 77.3 Å². The third-order valence-corrected chi connectivity index (χ3v) is 7.77. The molecule has 0 saturated heterocycles. The van der Waals surface area contributed by atoms with Gasteiger partial charge in [0.05, 0.1) is 4.47 Å². The van der Waals surface area contributed by atoms with Crippen molar-refractivity contribution >= 4 is 39.3 Å². The van der Waals surface area contributed by atoms with E-state index in [-0.39, 0.29) is 36.4 Å². The molecule has 196 valence electrons. The third kappa shape index (κ3) is 7.72. The maximum Gasteiger partial charge on any atom is 0.261 e. The van der Waals surface area contributed by atoms with Crippen molar-refractivity contribution < 1.29 is 14.3 Å². The Morgan fingerprint density at radius 1 is 1.14 bits per heavy atom. The fourth-order valence-electron chi connectivity index (χ4n) is 4.58. The van der Waals surface area contributed by atoms with E-state index < -0.39 is 6.04 Å². The first kappa shape index (κ1) is 28.5. The highest BCUT2D eigenvalue weighted by Crippen LogP contribution is 2.31. The number of carbonyl (C=O) groups excluding carboxylic acids is 2. The first-order valence-electron chi connectivity index (χ1n) is 12.9. The van der Waals surface area contributed by atoms with Gasteiger partial charge in [0.15, 0.2) is 6.61 Å². The number of amides is 2. The highest BCUT2D eigenvalue weighted by Gasteiger charge is 2.31. The molecule has 0 aromatic heterocycles. The van der Waals surface area contributed by atoms with Crippen molar-refractivity contribution in [1.29, 1.82) is 0 Å². The molecule has 1 N–H and O–H groups in total. The molecule has 5 nitrogen and oxygen atoms in total. The third-order valence-electron chi connectivity index (χ3n) is 6.79. The lowest BCUT2D eigenvalue weighted by Crippen LogP contribution is -2.52. The lowest BCUT2D eigenvalue weighted by molar-refractivity contribution is -0.143. The van der Waals surface area contributed by atoms with E-state index in [1.807, 2.05) is 43.3 Å². The zero-order chi connectivity index (χ0) is 26.3. The smallest absolute Gasteiger partial charge is 0.261 e. The van der Waals surface area contributed by atoms with E-state index in [1.165, 1.54) is 12.0 Å². The summed E-state index contributed by atoms with van der Waals surface area (Å²) in [5.41, 5.74) is 1.97. The van der Waals surface area contributed by atoms with E-state index in [1.54, 1.807) is 11.0 Å². The van der Waals surface area contributed by atoms with Crippen LogP contribution < -0.4 is 10.1 Å². The van der Waals surface area contributed by atoms with Crippen LogP contribution in [0, 0.1) is 0 Å². The van der Waals surface area contributed by atoms with Crippen molar-refractivity contribution in [3.63, 3.8) is 0 Å². The number of ether oxygens (including phenoxy) is 1. The molecule has 2 aromatic carbocycles. The summed E-state index contributed by atoms with van der Waals surface area (Å²) >= 11 is 10.0. The van der Waals surface area contributed by atoms with Gasteiger partial charge >= 0.3 is 0 Å². The predicted molar refractivity (Wildman–Crippen MR) is 149 cm³/mol. The van der Waals surface area contributed by atoms with E-state index in [2.05, 4.69) is 42.0 Å². The van der Waals surface area contributed by atoms with Crippen LogP contribution in [-0.4, -0.2) is 35.4 Å². The molecule has 1 aliphatic carbocycles. The maximum absolute atomic E-state index is 13.5. The molecule has 0 heterocycles. The normalized spacial score (nSPS) is 15.3. The summed E-state index contributed by atoms with van der Waals surface area (Å²) in [7, 11) is 0. The molecule has 1 atom stereocenters. The van der Waals surface area contributed by atoms with E-state index >= 15 is 0 Å². The Morgan fingerprint density at radius 3 is 2.44 bits per heavy atom. The molecule has 7 heteroatoms. The van der Waals surface area contributed by atoms with Crippen LogP contribution >= 0.6 is 27.5 Å². The van der Waals surface area contributed by atoms with Crippen LogP contribution in [0.2, 0.25) is 5.02 Å². The zero-order valence-electron chi connectivity index (χ0n) is 21.8. The van der Waals surface area contributed by atoms with E-state index in [4.69, 9.17) is 16.3 Å². The summed E-state index contributed by atoms with van der Waals surface area (Å²) in [5, 5.41) is 3.76. The quantitative estimate of drug-likeness (QED) is 0.348. The minimum absolute atomic E-state index is 0.00264. The summed E-state index contributed by atoms with van der Waals surface area (Å²) in [5.74, 6) is 0.224. The summed E-state index contributed by atoms with van der Waals surface area (Å²) in [6, 6.07) is 12.9. The molecule has 1 aliphatic rings. The SMILES string of the molecule is CC[C@H](C(=O)NC1CCCCC1)N(Cc1ccccc1Cl)C(=O)COc1ccc(C(C)(C)C)cc1Br. The van der Waals surface area contributed by atoms with Crippen molar-refractivity contribution in [1.82, 2.24) is 10.2 Å². The first-order valence-corrected chi connectivity index (χ1v) is 14.0. The molecule has 0 spiro atoms. The van der Waals surface area contributed by atoms with Crippen molar-refractivity contribution in [3.05, 3.63) is 63.1 Å². The summed E-state index contributed by atoms with van der Waals surface area (Å²) in [4.78, 5) is 28.5. The zero-order valence-corrected chi connectivity index (χ0v) is 24.1. The van der Waals surface area contributed by atoms with Crippen molar-refractivity contribution in [2.24, 2.45) is 0 Å². The first-order chi connectivity index (χ1) is 17.1. The van der Waals surface area contributed by atoms with Gasteiger partial charge in [0, 0.05) is 17.6 Å². The molecule has 2 amide bonds. The molecule has 0 bridgehead atoms. The number of nitrogens with zero attached hydrogens (tertiary/aromatic N) is 1. The second-order valence-corrected chi connectivity index (χ2v) is 11.8. The van der Waals surface area contributed by atoms with Gasteiger partial charge in [0.1, 0.15) is 11.8 Å². The average Bonchev–Trinajstić information content (AvgIpc) is 2.84. The van der Waals surface area contributed by atoms with Gasteiger partial charge in [-0.1, -0.05) is 82.8 Å². The minimum Gasteiger partial charge on any atom is -0.483 e. The molecule has 0 unspecified atom stereocenters. The van der Waals surface area contributed by atoms with Gasteiger partial charge in [0.25, 0.3) is 5.91 Å². The van der Waals surface area contributed by atoms with Gasteiger partial charge < -0.3 is 15.0 Å². The van der Waals surface area contributed by atoms with Gasteiger partial charge in [-0.2, -0.15) is 0 Å². The monoisotopic (exact) mass is 576 g/mol. The number of hydrogen-bond acceptors (Lipinski definition) is 3. The van der Waals surface area contributed by atoms with Crippen LogP contribution in [0.4, 0.5) is 0 Å². The Balaban J connectivity index is 1.78. The highest BCUT2D eigenvalue weighted by atomic mass is 79.9. The Morgan fingerprint density at radius 2 is 1.83 bits per heavy atom. The Kier molecular flexibility index (Phi) is 10.3. The topological polar surface area (TPSA) is 58.6 Å². The number of hydrogen-bond donors (Lipinski definition) is 1. The number of benzene rings is 2. The second kappa shape index (κ2) is 13.0. The summed E-state index contributed by atoms with van der Waals surface area (Å²) in [6.45, 7) is 8.44. The summed E-state index contributed by atoms with van der Waals surface area (Å²) < 4.78 is 6.73. The van der Waals surface area contributed by atoms with Gasteiger partial charge in [-0.05, 0) is 69.9 Å². The molecular weight excluding hydrogens is 540 g/mol. The number of halogens is 2. The largest absolute Gasteiger partial charge is 0.483 e. The van der Waals surface area contributed by atoms with Crippen molar-refractivity contribution in [2.45, 2.75) is 90.3 Å². The predicted octanol–water partition coefficient (Wildman–Crippen LogP) is 7.04. The van der Waals surface area contributed by atoms with E-state index in [9.17, 15) is 9.59 Å². The Labute approximate surface area is 229 Å². The molecule has 2 aromatic rings. The summed E-state index contributed by atoms with van der Waals surface area (Å²) in [6.07, 6.45) is 5.94. The molecule has 1 fully saturated rings. The van der Waals surface area contributed by atoms with Crippen molar-refractivity contribution in [2.75, 3.05) is 6.61 Å². The molecular formula is C29H38BrClN2O3. The number of carbonyl (C=O) groups is 2. The standard InChI is InChI=1S/C29H38BrClN2O3/c1-5-25(28(35)32-22-12-7-6-8-13-22)33(18-20-11-9-10-14-24(20)31)27(34)19-36-26-16-15-21(17-23(26)30)29(2,3)4/h9-11,14-17,22,25H,5-8,12-13,18-19H2,1-4H3,(H,32,35)/t25-/m1/s1. The van der Waals surface area contributed by atoms with Crippen LogP contribution in [0.3, 0.4) is 0 Å². The van der Waals surface area contributed by atoms with Gasteiger partial charge in [0.2, 0.25) is 5.91 Å². The molecule has 0 radical (unpaired) electrons. The van der Waals surface area contributed by atoms with Gasteiger partial charge in [-0.15, -0.1) is 0 Å². The van der Waals surface area contributed by atoms with Gasteiger partial charge in [-0.25, -0.2) is 0 Å². The molecule has 0 aliphatic heterocycles. The van der Waals surface area contributed by atoms with Crippen LogP contribution in [0.15, 0.2) is 46.9 Å². The second-order valence-electron chi connectivity index (χ2n) is 10.6. The van der Waals surface area contributed by atoms with Gasteiger partial charge in [-0.3, -0.25) is 9.59 Å². The van der Waals surface area contributed by atoms with Crippen molar-refractivity contribution in [3.8, 4) is 5.75 Å². The molecule has 36 heavy (non-hydrogen) atoms. The Bertz CT molecular complexity index is 1050. The molecule has 3 rings (SSSR count). The highest BCUT2D eigenvalue weighted by molar-refractivity contribution is 9.10. The van der Waals surface area contributed by atoms with Crippen LogP contribution in [-0.2, 0) is 21.5 Å². The maximum atomic E-state index is 13.5. The fourth-order valence-corrected chi connectivity index (χ4v) is 5.27. The lowest BCUT2D eigenvalue weighted by atomic mass is 9.87. The number of nitrogens with one attached hydrogen (secondary N) is 1. The fraction of sp³-hybridized carbons (Fsp3) is 0.517. The molecule has 1 saturated carbocycles. The minimum atomic E-state index is -0.606. The Hall–Kier alpha value is -2.05. The number of rotatable bonds is 9.